The molecule has 6 nitrogen and oxygen atoms in total. The van der Waals surface area contributed by atoms with Crippen molar-refractivity contribution in [2.24, 2.45) is 5.73 Å². The fourth-order valence-corrected chi connectivity index (χ4v) is 1.38. The Labute approximate surface area is 91.3 Å². The predicted molar refractivity (Wildman–Crippen MR) is 61.1 cm³/mol. The highest BCUT2D eigenvalue weighted by Crippen LogP contribution is 2.14. The number of hydrogen-bond acceptors (Lipinski definition) is 5. The maximum absolute atomic E-state index is 5.65. The van der Waals surface area contributed by atoms with Gasteiger partial charge >= 0.3 is 0 Å². The average Bonchev–Trinajstić information content (AvgIpc) is 2.59. The zero-order chi connectivity index (χ0) is 10.8. The molecule has 0 saturated heterocycles. The molecule has 0 aromatic carbocycles. The van der Waals surface area contributed by atoms with E-state index in [1.807, 2.05) is 4.57 Å². The molecule has 4 N–H and O–H groups in total. The van der Waals surface area contributed by atoms with Crippen LogP contribution in [0.1, 0.15) is 6.42 Å². The molecule has 7 heteroatoms. The predicted octanol–water partition coefficient (Wildman–Crippen LogP) is 0.0847. The molecule has 15 heavy (non-hydrogen) atoms. The summed E-state index contributed by atoms with van der Waals surface area (Å²) in [6.07, 6.45) is 3.69. The van der Waals surface area contributed by atoms with Crippen LogP contribution in [0.5, 0.6) is 0 Å². The number of nitrogens with zero attached hydrogens (tertiary/aromatic N) is 4. The third-order valence-electron chi connectivity index (χ3n) is 2.03. The van der Waals surface area contributed by atoms with E-state index in [0.29, 0.717) is 34.9 Å². The van der Waals surface area contributed by atoms with Crippen LogP contribution in [-0.4, -0.2) is 24.5 Å². The number of imidazole rings is 1. The molecular formula is C8H10N6S. The van der Waals surface area contributed by atoms with Gasteiger partial charge in [-0.3, -0.25) is 0 Å². The number of aromatic nitrogens is 4. The Morgan fingerprint density at radius 3 is 2.93 bits per heavy atom. The first-order valence-electron chi connectivity index (χ1n) is 4.38. The highest BCUT2D eigenvalue weighted by Gasteiger charge is 2.07. The molecule has 0 fully saturated rings. The summed E-state index contributed by atoms with van der Waals surface area (Å²) in [5.41, 5.74) is 12.4. The van der Waals surface area contributed by atoms with Crippen molar-refractivity contribution in [1.82, 2.24) is 19.5 Å². The van der Waals surface area contributed by atoms with Gasteiger partial charge < -0.3 is 16.0 Å². The summed E-state index contributed by atoms with van der Waals surface area (Å²) < 4.78 is 1.85. The fraction of sp³-hybridized carbons (Fsp3) is 0.250. The number of anilines is 1. The van der Waals surface area contributed by atoms with Gasteiger partial charge in [0.2, 0.25) is 0 Å². The maximum Gasteiger partial charge on any atom is 0.165 e. The zero-order valence-electron chi connectivity index (χ0n) is 7.92. The minimum Gasteiger partial charge on any atom is -0.393 e. The van der Waals surface area contributed by atoms with Gasteiger partial charge in [0.25, 0.3) is 0 Å². The van der Waals surface area contributed by atoms with Crippen molar-refractivity contribution in [1.29, 1.82) is 0 Å². The van der Waals surface area contributed by atoms with Gasteiger partial charge in [-0.05, 0) is 0 Å². The SMILES string of the molecule is NC(=S)CCn1cnc2c(N)ncnc21. The second-order valence-electron chi connectivity index (χ2n) is 3.09. The van der Waals surface area contributed by atoms with Gasteiger partial charge in [0.05, 0.1) is 11.3 Å². The quantitative estimate of drug-likeness (QED) is 0.714. The molecule has 2 rings (SSSR count). The lowest BCUT2D eigenvalue weighted by Gasteiger charge is -2.01. The van der Waals surface area contributed by atoms with E-state index in [0.717, 1.165) is 0 Å². The Morgan fingerprint density at radius 2 is 2.20 bits per heavy atom. The summed E-state index contributed by atoms with van der Waals surface area (Å²) in [6, 6.07) is 0. The van der Waals surface area contributed by atoms with Gasteiger partial charge in [-0.1, -0.05) is 12.2 Å². The summed E-state index contributed by atoms with van der Waals surface area (Å²) >= 11 is 4.80. The summed E-state index contributed by atoms with van der Waals surface area (Å²) in [7, 11) is 0. The van der Waals surface area contributed by atoms with Crippen LogP contribution in [0.15, 0.2) is 12.7 Å². The third kappa shape index (κ3) is 1.86. The van der Waals surface area contributed by atoms with E-state index in [-0.39, 0.29) is 0 Å². The minimum atomic E-state index is 0.383. The van der Waals surface area contributed by atoms with Crippen LogP contribution < -0.4 is 11.5 Å². The fourth-order valence-electron chi connectivity index (χ4n) is 1.29. The number of hydrogen-bond donors (Lipinski definition) is 2. The van der Waals surface area contributed by atoms with E-state index < -0.39 is 0 Å². The number of thiocarbonyl (C=S) groups is 1. The largest absolute Gasteiger partial charge is 0.393 e. The number of nitrogen functional groups attached to an aromatic ring is 1. The van der Waals surface area contributed by atoms with Crippen molar-refractivity contribution in [2.75, 3.05) is 5.73 Å². The Kier molecular flexibility index (Phi) is 2.46. The zero-order valence-corrected chi connectivity index (χ0v) is 8.74. The monoisotopic (exact) mass is 222 g/mol. The van der Waals surface area contributed by atoms with E-state index in [1.54, 1.807) is 6.33 Å². The number of nitrogens with two attached hydrogens (primary N) is 2. The summed E-state index contributed by atoms with van der Waals surface area (Å²) in [5.74, 6) is 0.383. The van der Waals surface area contributed by atoms with Crippen LogP contribution in [0.3, 0.4) is 0 Å². The number of rotatable bonds is 3. The van der Waals surface area contributed by atoms with E-state index in [2.05, 4.69) is 15.0 Å². The van der Waals surface area contributed by atoms with Crippen molar-refractivity contribution >= 4 is 34.2 Å². The number of fused-ring (bicyclic) bond motifs is 1. The normalized spacial score (nSPS) is 10.7. The molecule has 0 atom stereocenters. The molecule has 2 aromatic rings. The lowest BCUT2D eigenvalue weighted by atomic mass is 10.4. The molecule has 0 unspecified atom stereocenters. The molecule has 2 heterocycles. The molecule has 0 bridgehead atoms. The first kappa shape index (κ1) is 9.78. The van der Waals surface area contributed by atoms with Gasteiger partial charge in [0, 0.05) is 13.0 Å². The van der Waals surface area contributed by atoms with E-state index in [4.69, 9.17) is 23.7 Å². The molecule has 0 radical (unpaired) electrons. The van der Waals surface area contributed by atoms with Crippen LogP contribution in [-0.2, 0) is 6.54 Å². The molecule has 0 aliphatic heterocycles. The van der Waals surface area contributed by atoms with Gasteiger partial charge in [0.1, 0.15) is 11.8 Å². The van der Waals surface area contributed by atoms with Gasteiger partial charge in [0.15, 0.2) is 11.5 Å². The average molecular weight is 222 g/mol. The Hall–Kier alpha value is -1.76. The maximum atomic E-state index is 5.65. The molecule has 78 valence electrons. The van der Waals surface area contributed by atoms with Crippen LogP contribution in [0.25, 0.3) is 11.2 Å². The molecular weight excluding hydrogens is 212 g/mol. The lowest BCUT2D eigenvalue weighted by Crippen LogP contribution is -2.11. The van der Waals surface area contributed by atoms with E-state index in [1.165, 1.54) is 6.33 Å². The molecule has 0 aliphatic carbocycles. The summed E-state index contributed by atoms with van der Waals surface area (Å²) in [5, 5.41) is 0. The second kappa shape index (κ2) is 3.77. The van der Waals surface area contributed by atoms with Crippen molar-refractivity contribution in [3.63, 3.8) is 0 Å². The molecule has 0 saturated carbocycles. The first-order chi connectivity index (χ1) is 7.18. The second-order valence-corrected chi connectivity index (χ2v) is 3.61. The Balaban J connectivity index is 2.37. The Morgan fingerprint density at radius 1 is 1.40 bits per heavy atom. The van der Waals surface area contributed by atoms with Crippen LogP contribution >= 0.6 is 12.2 Å². The summed E-state index contributed by atoms with van der Waals surface area (Å²) in [4.78, 5) is 12.6. The molecule has 0 amide bonds. The molecule has 0 aliphatic rings. The van der Waals surface area contributed by atoms with Crippen LogP contribution in [0.4, 0.5) is 5.82 Å². The van der Waals surface area contributed by atoms with Crippen LogP contribution in [0.2, 0.25) is 0 Å². The molecule has 0 spiro atoms. The van der Waals surface area contributed by atoms with Crippen molar-refractivity contribution in [3.8, 4) is 0 Å². The minimum absolute atomic E-state index is 0.383. The van der Waals surface area contributed by atoms with Gasteiger partial charge in [-0.15, -0.1) is 0 Å². The Bertz CT molecular complexity index is 505. The topological polar surface area (TPSA) is 95.6 Å². The van der Waals surface area contributed by atoms with Crippen molar-refractivity contribution in [2.45, 2.75) is 13.0 Å². The standard InChI is InChI=1S/C8H10N6S/c9-5(15)1-2-14-4-13-6-7(10)11-3-12-8(6)14/h3-4H,1-2H2,(H2,9,15)(H2,10,11,12). The smallest absolute Gasteiger partial charge is 0.165 e. The van der Waals surface area contributed by atoms with Gasteiger partial charge in [-0.2, -0.15) is 0 Å². The van der Waals surface area contributed by atoms with Gasteiger partial charge in [-0.25, -0.2) is 15.0 Å². The van der Waals surface area contributed by atoms with Crippen molar-refractivity contribution in [3.05, 3.63) is 12.7 Å². The first-order valence-corrected chi connectivity index (χ1v) is 4.79. The van der Waals surface area contributed by atoms with E-state index in [9.17, 15) is 0 Å². The van der Waals surface area contributed by atoms with Crippen LogP contribution in [0, 0.1) is 0 Å². The third-order valence-corrected chi connectivity index (χ3v) is 2.23. The van der Waals surface area contributed by atoms with Crippen molar-refractivity contribution < 1.29 is 0 Å². The molecule has 2 aromatic heterocycles. The van der Waals surface area contributed by atoms with E-state index >= 15 is 0 Å². The highest BCUT2D eigenvalue weighted by molar-refractivity contribution is 7.80. The summed E-state index contributed by atoms with van der Waals surface area (Å²) in [6.45, 7) is 0.655. The number of aryl methyl sites for hydroxylation is 1. The highest BCUT2D eigenvalue weighted by atomic mass is 32.1. The lowest BCUT2D eigenvalue weighted by molar-refractivity contribution is 0.740.